The first-order valence-electron chi connectivity index (χ1n) is 8.08. The van der Waals surface area contributed by atoms with Crippen molar-refractivity contribution >= 4 is 58.8 Å². The average Bonchev–Trinajstić information content (AvgIpc) is 2.65. The highest BCUT2D eigenvalue weighted by Gasteiger charge is 2.36. The SMILES string of the molecule is O=C(O)COc1c(Cl)cc(C=C2C(=O)NC(=O)N(c3ccccc3)C2=O)cc1Cl. The van der Waals surface area contributed by atoms with E-state index in [1.54, 1.807) is 30.3 Å². The van der Waals surface area contributed by atoms with Gasteiger partial charge in [-0.2, -0.15) is 0 Å². The Balaban J connectivity index is 1.96. The largest absolute Gasteiger partial charge is 0.479 e. The Hall–Kier alpha value is -3.36. The molecule has 0 aliphatic carbocycles. The molecule has 0 aromatic heterocycles. The van der Waals surface area contributed by atoms with Crippen molar-refractivity contribution < 1.29 is 29.0 Å². The van der Waals surface area contributed by atoms with Crippen molar-refractivity contribution in [3.8, 4) is 5.75 Å². The van der Waals surface area contributed by atoms with Gasteiger partial charge in [0.2, 0.25) is 0 Å². The van der Waals surface area contributed by atoms with Crippen LogP contribution in [-0.2, 0) is 14.4 Å². The fourth-order valence-electron chi connectivity index (χ4n) is 2.57. The minimum absolute atomic E-state index is 0.00902. The molecule has 1 saturated heterocycles. The second-order valence-electron chi connectivity index (χ2n) is 5.79. The van der Waals surface area contributed by atoms with Crippen LogP contribution in [0.3, 0.4) is 0 Å². The summed E-state index contributed by atoms with van der Waals surface area (Å²) in [5, 5.41) is 10.8. The normalized spacial score (nSPS) is 15.4. The van der Waals surface area contributed by atoms with Gasteiger partial charge in [-0.05, 0) is 35.9 Å². The second-order valence-corrected chi connectivity index (χ2v) is 6.60. The summed E-state index contributed by atoms with van der Waals surface area (Å²) in [5.41, 5.74) is 0.269. The van der Waals surface area contributed by atoms with Crippen LogP contribution in [0.1, 0.15) is 5.56 Å². The second kappa shape index (κ2) is 8.34. The van der Waals surface area contributed by atoms with E-state index in [2.05, 4.69) is 5.32 Å². The zero-order chi connectivity index (χ0) is 21.1. The monoisotopic (exact) mass is 434 g/mol. The topological polar surface area (TPSA) is 113 Å². The Morgan fingerprint density at radius 1 is 1.10 bits per heavy atom. The van der Waals surface area contributed by atoms with Gasteiger partial charge in [0.25, 0.3) is 11.8 Å². The minimum atomic E-state index is -1.21. The van der Waals surface area contributed by atoms with Crippen molar-refractivity contribution in [3.63, 3.8) is 0 Å². The first-order valence-corrected chi connectivity index (χ1v) is 8.83. The number of ether oxygens (including phenoxy) is 1. The maximum atomic E-state index is 12.8. The molecular weight excluding hydrogens is 423 g/mol. The minimum Gasteiger partial charge on any atom is -0.479 e. The molecule has 29 heavy (non-hydrogen) atoms. The summed E-state index contributed by atoms with van der Waals surface area (Å²) in [4.78, 5) is 48.6. The summed E-state index contributed by atoms with van der Waals surface area (Å²) >= 11 is 12.1. The van der Waals surface area contributed by atoms with Crippen LogP contribution in [0.25, 0.3) is 6.08 Å². The number of urea groups is 1. The van der Waals surface area contributed by atoms with E-state index in [0.717, 1.165) is 4.90 Å². The number of amides is 4. The van der Waals surface area contributed by atoms with Crippen LogP contribution in [-0.4, -0.2) is 35.5 Å². The van der Waals surface area contributed by atoms with Crippen molar-refractivity contribution in [3.05, 3.63) is 63.6 Å². The lowest BCUT2D eigenvalue weighted by atomic mass is 10.1. The fraction of sp³-hybridized carbons (Fsp3) is 0.0526. The number of hydrogen-bond acceptors (Lipinski definition) is 5. The molecule has 1 aliphatic rings. The quantitative estimate of drug-likeness (QED) is 0.551. The Kier molecular flexibility index (Phi) is 5.86. The van der Waals surface area contributed by atoms with Crippen molar-refractivity contribution in [2.75, 3.05) is 11.5 Å². The maximum Gasteiger partial charge on any atom is 0.341 e. The summed E-state index contributed by atoms with van der Waals surface area (Å²) in [6.07, 6.45) is 1.22. The number of rotatable bonds is 5. The van der Waals surface area contributed by atoms with Crippen LogP contribution in [0, 0.1) is 0 Å². The molecule has 0 saturated carbocycles. The highest BCUT2D eigenvalue weighted by atomic mass is 35.5. The standard InChI is InChI=1S/C19H12Cl2N2O6/c20-13-7-10(8-14(21)16(13)29-9-15(24)25)6-12-17(26)22-19(28)23(18(12)27)11-4-2-1-3-5-11/h1-8H,9H2,(H,24,25)(H,22,26,28). The summed E-state index contributed by atoms with van der Waals surface area (Å²) in [6, 6.07) is 9.94. The zero-order valence-corrected chi connectivity index (χ0v) is 16.0. The number of anilines is 1. The van der Waals surface area contributed by atoms with Gasteiger partial charge < -0.3 is 9.84 Å². The molecule has 4 amide bonds. The number of carbonyl (C=O) groups excluding carboxylic acids is 3. The third-order valence-electron chi connectivity index (χ3n) is 3.79. The molecule has 148 valence electrons. The first kappa shape index (κ1) is 20.4. The Morgan fingerprint density at radius 2 is 1.72 bits per heavy atom. The van der Waals surface area contributed by atoms with E-state index in [-0.39, 0.29) is 26.9 Å². The molecule has 0 spiro atoms. The number of benzene rings is 2. The molecule has 0 atom stereocenters. The number of nitrogens with one attached hydrogen (secondary N) is 1. The van der Waals surface area contributed by atoms with Crippen LogP contribution in [0.2, 0.25) is 10.0 Å². The van der Waals surface area contributed by atoms with Crippen molar-refractivity contribution in [2.45, 2.75) is 0 Å². The van der Waals surface area contributed by atoms with Gasteiger partial charge in [0.05, 0.1) is 15.7 Å². The molecule has 2 aromatic rings. The summed E-state index contributed by atoms with van der Waals surface area (Å²) < 4.78 is 5.02. The summed E-state index contributed by atoms with van der Waals surface area (Å²) in [6.45, 7) is -0.644. The number of aliphatic carboxylic acids is 1. The zero-order valence-electron chi connectivity index (χ0n) is 14.5. The van der Waals surface area contributed by atoms with E-state index in [1.807, 2.05) is 0 Å². The van der Waals surface area contributed by atoms with Gasteiger partial charge in [0.15, 0.2) is 12.4 Å². The predicted molar refractivity (Wildman–Crippen MR) is 105 cm³/mol. The highest BCUT2D eigenvalue weighted by molar-refractivity contribution is 6.40. The van der Waals surface area contributed by atoms with E-state index >= 15 is 0 Å². The van der Waals surface area contributed by atoms with E-state index in [1.165, 1.54) is 18.2 Å². The summed E-state index contributed by atoms with van der Waals surface area (Å²) in [7, 11) is 0. The third-order valence-corrected chi connectivity index (χ3v) is 4.35. The molecule has 2 aromatic carbocycles. The van der Waals surface area contributed by atoms with E-state index in [9.17, 15) is 19.2 Å². The number of imide groups is 2. The van der Waals surface area contributed by atoms with Crippen LogP contribution >= 0.6 is 23.2 Å². The number of carbonyl (C=O) groups is 4. The van der Waals surface area contributed by atoms with Gasteiger partial charge in [-0.15, -0.1) is 0 Å². The molecule has 1 aliphatic heterocycles. The third kappa shape index (κ3) is 4.39. The van der Waals surface area contributed by atoms with Crippen molar-refractivity contribution in [2.24, 2.45) is 0 Å². The maximum absolute atomic E-state index is 12.8. The van der Waals surface area contributed by atoms with Gasteiger partial charge in [-0.25, -0.2) is 14.5 Å². The van der Waals surface area contributed by atoms with Crippen LogP contribution < -0.4 is 15.0 Å². The number of hydrogen-bond donors (Lipinski definition) is 2. The lowest BCUT2D eigenvalue weighted by molar-refractivity contribution is -0.139. The van der Waals surface area contributed by atoms with Gasteiger partial charge in [0, 0.05) is 0 Å². The predicted octanol–water partition coefficient (Wildman–Crippen LogP) is 3.12. The molecule has 0 unspecified atom stereocenters. The summed E-state index contributed by atoms with van der Waals surface area (Å²) in [5.74, 6) is -2.94. The number of carboxylic acids is 1. The van der Waals surface area contributed by atoms with Crippen LogP contribution in [0.15, 0.2) is 48.0 Å². The molecular formula is C19H12Cl2N2O6. The molecule has 2 N–H and O–H groups in total. The fourth-order valence-corrected chi connectivity index (χ4v) is 3.18. The Bertz CT molecular complexity index is 1030. The number of para-hydroxylation sites is 1. The molecule has 1 heterocycles. The molecule has 3 rings (SSSR count). The lowest BCUT2D eigenvalue weighted by Crippen LogP contribution is -2.54. The van der Waals surface area contributed by atoms with Gasteiger partial charge >= 0.3 is 12.0 Å². The molecule has 0 bridgehead atoms. The lowest BCUT2D eigenvalue weighted by Gasteiger charge is -2.26. The number of nitrogens with zero attached hydrogens (tertiary/aromatic N) is 1. The average molecular weight is 435 g/mol. The van der Waals surface area contributed by atoms with Crippen LogP contribution in [0.5, 0.6) is 5.75 Å². The first-order chi connectivity index (χ1) is 13.8. The van der Waals surface area contributed by atoms with E-state index in [0.29, 0.717) is 5.69 Å². The molecule has 1 fully saturated rings. The molecule has 8 nitrogen and oxygen atoms in total. The Labute approximate surface area is 174 Å². The van der Waals surface area contributed by atoms with Crippen LogP contribution in [0.4, 0.5) is 10.5 Å². The number of halogens is 2. The van der Waals surface area contributed by atoms with Crippen molar-refractivity contribution in [1.82, 2.24) is 5.32 Å². The van der Waals surface area contributed by atoms with Gasteiger partial charge in [-0.3, -0.25) is 14.9 Å². The van der Waals surface area contributed by atoms with E-state index < -0.39 is 30.4 Å². The molecule has 0 radical (unpaired) electrons. The smallest absolute Gasteiger partial charge is 0.341 e. The van der Waals surface area contributed by atoms with Crippen molar-refractivity contribution in [1.29, 1.82) is 0 Å². The Morgan fingerprint density at radius 3 is 2.31 bits per heavy atom. The molecule has 10 heteroatoms. The number of barbiturate groups is 1. The number of carboxylic acid groups (broad SMARTS) is 1. The van der Waals surface area contributed by atoms with E-state index in [4.69, 9.17) is 33.0 Å². The van der Waals surface area contributed by atoms with Gasteiger partial charge in [-0.1, -0.05) is 41.4 Å². The van der Waals surface area contributed by atoms with Gasteiger partial charge in [0.1, 0.15) is 5.57 Å². The highest BCUT2D eigenvalue weighted by Crippen LogP contribution is 2.35.